The van der Waals surface area contributed by atoms with Gasteiger partial charge in [0.05, 0.1) is 0 Å². The molecule has 0 amide bonds. The van der Waals surface area contributed by atoms with Gasteiger partial charge in [-0.3, -0.25) is 0 Å². The maximum atomic E-state index is 5.99. The zero-order valence-corrected chi connectivity index (χ0v) is 9.90. The minimum absolute atomic E-state index is 0.974. The van der Waals surface area contributed by atoms with E-state index in [1.54, 1.807) is 0 Å². The highest BCUT2D eigenvalue weighted by molar-refractivity contribution is 14.1. The zero-order valence-electron chi connectivity index (χ0n) is 7.74. The van der Waals surface area contributed by atoms with Gasteiger partial charge >= 0.3 is 0 Å². The smallest absolute Gasteiger partial charge is 0.0389 e. The van der Waals surface area contributed by atoms with Crippen molar-refractivity contribution in [2.45, 2.75) is 25.2 Å². The van der Waals surface area contributed by atoms with Crippen LogP contribution in [0.4, 0.5) is 5.69 Å². The van der Waals surface area contributed by atoms with Gasteiger partial charge in [0.15, 0.2) is 0 Å². The molecule has 0 unspecified atom stereocenters. The summed E-state index contributed by atoms with van der Waals surface area (Å²) in [5, 5.41) is 0. The van der Waals surface area contributed by atoms with E-state index in [2.05, 4.69) is 49.4 Å². The third-order valence-electron chi connectivity index (χ3n) is 2.36. The molecule has 1 aromatic carbocycles. The van der Waals surface area contributed by atoms with Crippen LogP contribution in [0, 0.1) is 20.8 Å². The highest BCUT2D eigenvalue weighted by Gasteiger charge is 2.06. The molecule has 0 atom stereocenters. The summed E-state index contributed by atoms with van der Waals surface area (Å²) >= 11 is 2.35. The van der Waals surface area contributed by atoms with Crippen LogP contribution in [-0.2, 0) is 4.43 Å². The predicted molar refractivity (Wildman–Crippen MR) is 62.8 cm³/mol. The third-order valence-corrected chi connectivity index (χ3v) is 3.13. The second-order valence-corrected chi connectivity index (χ2v) is 3.92. The van der Waals surface area contributed by atoms with Crippen molar-refractivity contribution in [3.63, 3.8) is 0 Å². The van der Waals surface area contributed by atoms with Crippen LogP contribution in [0.3, 0.4) is 0 Å². The highest BCUT2D eigenvalue weighted by atomic mass is 127. The fourth-order valence-corrected chi connectivity index (χ4v) is 2.36. The fraction of sp³-hybridized carbons (Fsp3) is 0.400. The predicted octanol–water partition coefficient (Wildman–Crippen LogP) is 3.13. The molecule has 1 rings (SSSR count). The standard InChI is InChI=1S/C10H14IN/c1-6-4-7(2)9(5-11)10(12)8(6)3/h4H,5,12H2,1-3H3. The van der Waals surface area contributed by atoms with Gasteiger partial charge in [-0.2, -0.15) is 0 Å². The van der Waals surface area contributed by atoms with Crippen molar-refractivity contribution in [2.75, 3.05) is 5.73 Å². The summed E-state index contributed by atoms with van der Waals surface area (Å²) in [4.78, 5) is 0. The molecule has 0 aliphatic heterocycles. The number of nitrogen functional groups attached to an aromatic ring is 1. The number of hydrogen-bond acceptors (Lipinski definition) is 1. The number of aryl methyl sites for hydroxylation is 2. The summed E-state index contributed by atoms with van der Waals surface area (Å²) in [5.74, 6) is 0. The number of nitrogens with two attached hydrogens (primary N) is 1. The molecule has 0 bridgehead atoms. The van der Waals surface area contributed by atoms with Crippen molar-refractivity contribution in [3.8, 4) is 0 Å². The number of anilines is 1. The Hall–Kier alpha value is -0.250. The fourth-order valence-electron chi connectivity index (χ4n) is 1.35. The lowest BCUT2D eigenvalue weighted by Crippen LogP contribution is -2.00. The van der Waals surface area contributed by atoms with Crippen molar-refractivity contribution < 1.29 is 0 Å². The molecular formula is C10H14IN. The molecule has 0 saturated heterocycles. The molecule has 0 fully saturated rings. The van der Waals surface area contributed by atoms with Gasteiger partial charge in [0.2, 0.25) is 0 Å². The van der Waals surface area contributed by atoms with Crippen LogP contribution >= 0.6 is 22.6 Å². The molecule has 0 aromatic heterocycles. The summed E-state index contributed by atoms with van der Waals surface area (Å²) in [6.45, 7) is 6.31. The Morgan fingerprint density at radius 3 is 2.33 bits per heavy atom. The van der Waals surface area contributed by atoms with Crippen LogP contribution in [0.5, 0.6) is 0 Å². The molecule has 0 radical (unpaired) electrons. The molecule has 66 valence electrons. The lowest BCUT2D eigenvalue weighted by Gasteiger charge is -2.12. The van der Waals surface area contributed by atoms with Crippen molar-refractivity contribution >= 4 is 28.3 Å². The SMILES string of the molecule is Cc1cc(C)c(CI)c(N)c1C. The van der Waals surface area contributed by atoms with Crippen molar-refractivity contribution in [1.29, 1.82) is 0 Å². The van der Waals surface area contributed by atoms with Crippen LogP contribution in [0.2, 0.25) is 0 Å². The second kappa shape index (κ2) is 3.64. The molecule has 0 saturated carbocycles. The molecule has 1 aromatic rings. The topological polar surface area (TPSA) is 26.0 Å². The summed E-state index contributed by atoms with van der Waals surface area (Å²) in [5.41, 5.74) is 12.1. The summed E-state index contributed by atoms with van der Waals surface area (Å²) in [6, 6.07) is 2.21. The Kier molecular flexibility index (Phi) is 2.99. The Morgan fingerprint density at radius 2 is 1.83 bits per heavy atom. The van der Waals surface area contributed by atoms with Gasteiger partial charge in [-0.05, 0) is 43.0 Å². The molecule has 0 heterocycles. The first-order valence-electron chi connectivity index (χ1n) is 3.99. The molecule has 0 spiro atoms. The largest absolute Gasteiger partial charge is 0.398 e. The van der Waals surface area contributed by atoms with Gasteiger partial charge in [-0.15, -0.1) is 0 Å². The van der Waals surface area contributed by atoms with E-state index in [0.717, 1.165) is 10.1 Å². The van der Waals surface area contributed by atoms with Crippen LogP contribution in [-0.4, -0.2) is 0 Å². The minimum Gasteiger partial charge on any atom is -0.398 e. The Labute approximate surface area is 87.5 Å². The first kappa shape index (κ1) is 9.84. The zero-order chi connectivity index (χ0) is 9.30. The Bertz CT molecular complexity index is 305. The van der Waals surface area contributed by atoms with Crippen molar-refractivity contribution in [1.82, 2.24) is 0 Å². The number of benzene rings is 1. The van der Waals surface area contributed by atoms with E-state index in [-0.39, 0.29) is 0 Å². The van der Waals surface area contributed by atoms with Crippen molar-refractivity contribution in [2.24, 2.45) is 0 Å². The van der Waals surface area contributed by atoms with E-state index in [1.165, 1.54) is 22.3 Å². The van der Waals surface area contributed by atoms with Crippen molar-refractivity contribution in [3.05, 3.63) is 28.3 Å². The molecule has 12 heavy (non-hydrogen) atoms. The summed E-state index contributed by atoms with van der Waals surface area (Å²) in [7, 11) is 0. The van der Waals surface area contributed by atoms with Crippen LogP contribution in [0.15, 0.2) is 6.07 Å². The lowest BCUT2D eigenvalue weighted by atomic mass is 9.99. The van der Waals surface area contributed by atoms with E-state index in [9.17, 15) is 0 Å². The average Bonchev–Trinajstić information content (AvgIpc) is 2.01. The monoisotopic (exact) mass is 275 g/mol. The Morgan fingerprint density at radius 1 is 1.25 bits per heavy atom. The molecule has 0 aliphatic carbocycles. The molecule has 1 nitrogen and oxygen atoms in total. The summed E-state index contributed by atoms with van der Waals surface area (Å²) in [6.07, 6.45) is 0. The number of hydrogen-bond donors (Lipinski definition) is 1. The quantitative estimate of drug-likeness (QED) is 0.475. The van der Waals surface area contributed by atoms with E-state index in [1.807, 2.05) is 0 Å². The first-order chi connectivity index (χ1) is 5.57. The van der Waals surface area contributed by atoms with E-state index >= 15 is 0 Å². The normalized spacial score (nSPS) is 10.3. The lowest BCUT2D eigenvalue weighted by molar-refractivity contribution is 1.24. The van der Waals surface area contributed by atoms with Gasteiger partial charge in [0, 0.05) is 10.1 Å². The summed E-state index contributed by atoms with van der Waals surface area (Å²) < 4.78 is 0.997. The molecule has 2 heteroatoms. The van der Waals surface area contributed by atoms with Crippen LogP contribution in [0.1, 0.15) is 22.3 Å². The number of rotatable bonds is 1. The first-order valence-corrected chi connectivity index (χ1v) is 5.51. The van der Waals surface area contributed by atoms with Gasteiger partial charge in [-0.25, -0.2) is 0 Å². The van der Waals surface area contributed by atoms with Gasteiger partial charge in [0.25, 0.3) is 0 Å². The van der Waals surface area contributed by atoms with Crippen LogP contribution < -0.4 is 5.73 Å². The van der Waals surface area contributed by atoms with E-state index < -0.39 is 0 Å². The maximum Gasteiger partial charge on any atom is 0.0389 e. The molecule has 0 aliphatic rings. The van der Waals surface area contributed by atoms with Crippen LogP contribution in [0.25, 0.3) is 0 Å². The molecular weight excluding hydrogens is 261 g/mol. The maximum absolute atomic E-state index is 5.99. The minimum atomic E-state index is 0.974. The number of halogens is 1. The Balaban J connectivity index is 3.40. The molecule has 2 N–H and O–H groups in total. The second-order valence-electron chi connectivity index (χ2n) is 3.16. The number of alkyl halides is 1. The van der Waals surface area contributed by atoms with Gasteiger partial charge in [0.1, 0.15) is 0 Å². The van der Waals surface area contributed by atoms with E-state index in [0.29, 0.717) is 0 Å². The third kappa shape index (κ3) is 1.58. The average molecular weight is 275 g/mol. The van der Waals surface area contributed by atoms with E-state index in [4.69, 9.17) is 5.73 Å². The van der Waals surface area contributed by atoms with Gasteiger partial charge in [-0.1, -0.05) is 28.7 Å². The van der Waals surface area contributed by atoms with Gasteiger partial charge < -0.3 is 5.73 Å². The highest BCUT2D eigenvalue weighted by Crippen LogP contribution is 2.26.